The quantitative estimate of drug-likeness (QED) is 0.254. The SMILES string of the molecule is CCNC(=NCc1cccc(S(N)(=O)=O)c1)NCc1ccc(C)cc1OC1CCOC1.I. The van der Waals surface area contributed by atoms with Gasteiger partial charge < -0.3 is 20.1 Å². The van der Waals surface area contributed by atoms with Gasteiger partial charge >= 0.3 is 0 Å². The molecule has 3 rings (SSSR count). The van der Waals surface area contributed by atoms with Crippen LogP contribution in [0.2, 0.25) is 0 Å². The molecule has 1 saturated heterocycles. The number of aliphatic imine (C=N–C) groups is 1. The number of benzene rings is 2. The summed E-state index contributed by atoms with van der Waals surface area (Å²) in [6, 6.07) is 12.6. The first kappa shape index (κ1) is 26.4. The van der Waals surface area contributed by atoms with Gasteiger partial charge in [0.2, 0.25) is 10.0 Å². The molecule has 0 aromatic heterocycles. The summed E-state index contributed by atoms with van der Waals surface area (Å²) in [7, 11) is -3.74. The Bertz CT molecular complexity index is 1020. The summed E-state index contributed by atoms with van der Waals surface area (Å²) in [6.07, 6.45) is 0.969. The van der Waals surface area contributed by atoms with Gasteiger partial charge in [-0.05, 0) is 43.2 Å². The van der Waals surface area contributed by atoms with Gasteiger partial charge in [0, 0.05) is 25.1 Å². The maximum Gasteiger partial charge on any atom is 0.238 e. The van der Waals surface area contributed by atoms with Crippen LogP contribution in [0.15, 0.2) is 52.4 Å². The van der Waals surface area contributed by atoms with E-state index in [0.29, 0.717) is 32.2 Å². The average molecular weight is 574 g/mol. The number of nitrogens with one attached hydrogen (secondary N) is 2. The molecule has 0 saturated carbocycles. The van der Waals surface area contributed by atoms with Crippen molar-refractivity contribution in [1.29, 1.82) is 0 Å². The fourth-order valence-electron chi connectivity index (χ4n) is 3.21. The predicted octanol–water partition coefficient (Wildman–Crippen LogP) is 2.68. The highest BCUT2D eigenvalue weighted by molar-refractivity contribution is 14.0. The summed E-state index contributed by atoms with van der Waals surface area (Å²) in [5.41, 5.74) is 2.91. The van der Waals surface area contributed by atoms with Crippen molar-refractivity contribution in [3.8, 4) is 5.75 Å². The lowest BCUT2D eigenvalue weighted by Gasteiger charge is -2.18. The number of primary sulfonamides is 1. The van der Waals surface area contributed by atoms with Crippen LogP contribution in [-0.2, 0) is 27.8 Å². The fourth-order valence-corrected chi connectivity index (χ4v) is 3.80. The first-order valence-corrected chi connectivity index (χ1v) is 11.9. The lowest BCUT2D eigenvalue weighted by molar-refractivity contribution is 0.140. The number of guanidine groups is 1. The van der Waals surface area contributed by atoms with Crippen molar-refractivity contribution in [2.45, 2.75) is 44.4 Å². The highest BCUT2D eigenvalue weighted by Crippen LogP contribution is 2.23. The fraction of sp³-hybridized carbons (Fsp3) is 0.409. The van der Waals surface area contributed by atoms with E-state index in [4.69, 9.17) is 14.6 Å². The lowest BCUT2D eigenvalue weighted by atomic mass is 10.1. The number of nitrogens with zero attached hydrogens (tertiary/aromatic N) is 1. The van der Waals surface area contributed by atoms with Gasteiger partial charge in [-0.3, -0.25) is 0 Å². The van der Waals surface area contributed by atoms with Gasteiger partial charge in [-0.15, -0.1) is 24.0 Å². The number of aryl methyl sites for hydroxylation is 1. The molecule has 10 heteroatoms. The van der Waals surface area contributed by atoms with E-state index >= 15 is 0 Å². The molecule has 0 bridgehead atoms. The molecule has 0 spiro atoms. The minimum atomic E-state index is -3.74. The highest BCUT2D eigenvalue weighted by Gasteiger charge is 2.19. The highest BCUT2D eigenvalue weighted by atomic mass is 127. The van der Waals surface area contributed by atoms with E-state index < -0.39 is 10.0 Å². The molecule has 1 aliphatic heterocycles. The molecule has 176 valence electrons. The van der Waals surface area contributed by atoms with Gasteiger partial charge in [0.05, 0.1) is 24.7 Å². The summed E-state index contributed by atoms with van der Waals surface area (Å²) >= 11 is 0. The maximum atomic E-state index is 11.6. The van der Waals surface area contributed by atoms with E-state index in [9.17, 15) is 8.42 Å². The normalized spacial score (nSPS) is 16.3. The van der Waals surface area contributed by atoms with Gasteiger partial charge in [-0.1, -0.05) is 24.3 Å². The summed E-state index contributed by atoms with van der Waals surface area (Å²) in [6.45, 7) is 6.91. The predicted molar refractivity (Wildman–Crippen MR) is 136 cm³/mol. The van der Waals surface area contributed by atoms with Crippen LogP contribution in [0.4, 0.5) is 0 Å². The van der Waals surface area contributed by atoms with Gasteiger partial charge in [0.1, 0.15) is 11.9 Å². The molecule has 0 amide bonds. The molecule has 2 aromatic rings. The minimum Gasteiger partial charge on any atom is -0.488 e. The number of hydrogen-bond acceptors (Lipinski definition) is 5. The Morgan fingerprint density at radius 2 is 2.06 bits per heavy atom. The Kier molecular flexibility index (Phi) is 10.2. The van der Waals surface area contributed by atoms with Gasteiger partial charge in [-0.25, -0.2) is 18.5 Å². The molecule has 8 nitrogen and oxygen atoms in total. The first-order chi connectivity index (χ1) is 14.8. The molecule has 1 aliphatic rings. The van der Waals surface area contributed by atoms with Crippen molar-refractivity contribution >= 4 is 40.0 Å². The Morgan fingerprint density at radius 3 is 2.75 bits per heavy atom. The molecule has 1 heterocycles. The molecule has 0 radical (unpaired) electrons. The minimum absolute atomic E-state index is 0. The number of sulfonamides is 1. The van der Waals surface area contributed by atoms with Crippen molar-refractivity contribution in [2.24, 2.45) is 10.1 Å². The van der Waals surface area contributed by atoms with E-state index in [1.54, 1.807) is 6.07 Å². The summed E-state index contributed by atoms with van der Waals surface area (Å²) in [4.78, 5) is 4.65. The molecule has 1 atom stereocenters. The molecular weight excluding hydrogens is 543 g/mol. The number of nitrogens with two attached hydrogens (primary N) is 1. The van der Waals surface area contributed by atoms with Gasteiger partial charge in [0.25, 0.3) is 0 Å². The van der Waals surface area contributed by atoms with Crippen LogP contribution in [0.1, 0.15) is 30.0 Å². The molecule has 1 fully saturated rings. The van der Waals surface area contributed by atoms with Crippen LogP contribution in [0.3, 0.4) is 0 Å². The first-order valence-electron chi connectivity index (χ1n) is 10.3. The van der Waals surface area contributed by atoms with E-state index in [1.807, 2.05) is 32.0 Å². The largest absolute Gasteiger partial charge is 0.488 e. The average Bonchev–Trinajstić information content (AvgIpc) is 3.24. The summed E-state index contributed by atoms with van der Waals surface area (Å²) < 4.78 is 34.7. The third-order valence-corrected chi connectivity index (χ3v) is 5.75. The van der Waals surface area contributed by atoms with Crippen LogP contribution in [0.5, 0.6) is 5.75 Å². The molecular formula is C22H31IN4O4S. The summed E-state index contributed by atoms with van der Waals surface area (Å²) in [5, 5.41) is 11.7. The van der Waals surface area contributed by atoms with E-state index in [-0.39, 0.29) is 35.0 Å². The third-order valence-electron chi connectivity index (χ3n) is 4.84. The van der Waals surface area contributed by atoms with Crippen molar-refractivity contribution in [3.63, 3.8) is 0 Å². The standard InChI is InChI=1S/C22H30N4O4S.HI/c1-3-24-22(25-13-17-5-4-6-20(12-17)31(23,27)28)26-14-18-8-7-16(2)11-21(18)30-19-9-10-29-15-19;/h4-8,11-12,19H,3,9-10,13-15H2,1-2H3,(H2,23,27,28)(H2,24,25,26);1H. The molecule has 2 aromatic carbocycles. The second-order valence-corrected chi connectivity index (χ2v) is 9.02. The van der Waals surface area contributed by atoms with Crippen LogP contribution in [0.25, 0.3) is 0 Å². The van der Waals surface area contributed by atoms with E-state index in [0.717, 1.165) is 35.5 Å². The molecule has 0 aliphatic carbocycles. The Morgan fingerprint density at radius 1 is 1.25 bits per heavy atom. The Labute approximate surface area is 207 Å². The number of rotatable bonds is 8. The van der Waals surface area contributed by atoms with Crippen molar-refractivity contribution in [2.75, 3.05) is 19.8 Å². The topological polar surface area (TPSA) is 115 Å². The maximum absolute atomic E-state index is 11.6. The summed E-state index contributed by atoms with van der Waals surface area (Å²) in [5.74, 6) is 1.47. The number of ether oxygens (including phenoxy) is 2. The zero-order chi connectivity index (χ0) is 22.3. The molecule has 1 unspecified atom stereocenters. The second-order valence-electron chi connectivity index (χ2n) is 7.46. The second kappa shape index (κ2) is 12.4. The van der Waals surface area contributed by atoms with Crippen molar-refractivity contribution < 1.29 is 17.9 Å². The zero-order valence-electron chi connectivity index (χ0n) is 18.3. The van der Waals surface area contributed by atoms with Crippen LogP contribution in [0, 0.1) is 6.92 Å². The van der Waals surface area contributed by atoms with Crippen LogP contribution in [-0.4, -0.2) is 40.2 Å². The van der Waals surface area contributed by atoms with Crippen molar-refractivity contribution in [3.05, 3.63) is 59.2 Å². The third kappa shape index (κ3) is 7.91. The zero-order valence-corrected chi connectivity index (χ0v) is 21.5. The monoisotopic (exact) mass is 574 g/mol. The Balaban J connectivity index is 0.00000363. The van der Waals surface area contributed by atoms with Crippen LogP contribution < -0.4 is 20.5 Å². The lowest BCUT2D eigenvalue weighted by Crippen LogP contribution is -2.37. The van der Waals surface area contributed by atoms with Gasteiger partial charge in [0.15, 0.2) is 5.96 Å². The van der Waals surface area contributed by atoms with Crippen LogP contribution >= 0.6 is 24.0 Å². The number of hydrogen-bond donors (Lipinski definition) is 3. The molecule has 32 heavy (non-hydrogen) atoms. The van der Waals surface area contributed by atoms with E-state index in [2.05, 4.69) is 21.7 Å². The molecule has 4 N–H and O–H groups in total. The smallest absolute Gasteiger partial charge is 0.238 e. The number of halogens is 1. The van der Waals surface area contributed by atoms with Gasteiger partial charge in [-0.2, -0.15) is 0 Å². The van der Waals surface area contributed by atoms with E-state index in [1.165, 1.54) is 12.1 Å². The van der Waals surface area contributed by atoms with Crippen molar-refractivity contribution in [1.82, 2.24) is 10.6 Å². The Hall–Kier alpha value is -1.89.